The molecule has 0 aliphatic heterocycles. The molecule has 0 atom stereocenters. The molecule has 6 heteroatoms. The van der Waals surface area contributed by atoms with E-state index in [-0.39, 0.29) is 5.56 Å². The number of allylic oxidation sites excluding steroid dienone is 1. The number of fused-ring (bicyclic) bond motifs is 2. The normalized spacial score (nSPS) is 12.0. The highest BCUT2D eigenvalue weighted by Gasteiger charge is 2.09. The van der Waals surface area contributed by atoms with Gasteiger partial charge in [-0.1, -0.05) is 59.9 Å². The Hall–Kier alpha value is -3.12. The van der Waals surface area contributed by atoms with Gasteiger partial charge in [0.2, 0.25) is 10.1 Å². The number of nitrogens with zero attached hydrogens (tertiary/aromatic N) is 4. The minimum absolute atomic E-state index is 0.173. The number of hydrogen-bond acceptors (Lipinski definition) is 5. The molecular weight excluding hydrogens is 320 g/mol. The van der Waals surface area contributed by atoms with Crippen molar-refractivity contribution in [3.05, 3.63) is 76.6 Å². The third kappa shape index (κ3) is 2.75. The molecule has 0 amide bonds. The fraction of sp³-hybridized carbons (Fsp3) is 0. The highest BCUT2D eigenvalue weighted by Crippen LogP contribution is 2.20. The smallest absolute Gasteiger partial charge is 0.267 e. The Labute approximate surface area is 141 Å². The molecule has 0 fully saturated rings. The first-order chi connectivity index (χ1) is 11.8. The third-order valence-corrected chi connectivity index (χ3v) is 4.27. The van der Waals surface area contributed by atoms with Crippen LogP contribution in [0.15, 0.2) is 70.5 Å². The summed E-state index contributed by atoms with van der Waals surface area (Å²) >= 11 is 1.28. The summed E-state index contributed by atoms with van der Waals surface area (Å²) in [6.07, 6.45) is 5.46. The number of hydrogen-bond donors (Lipinski definition) is 0. The van der Waals surface area contributed by atoms with E-state index in [1.54, 1.807) is 12.3 Å². The van der Waals surface area contributed by atoms with Gasteiger partial charge in [-0.15, -0.1) is 5.10 Å². The summed E-state index contributed by atoms with van der Waals surface area (Å²) in [5.41, 5.74) is 1.59. The Morgan fingerprint density at radius 2 is 1.83 bits per heavy atom. The van der Waals surface area contributed by atoms with Crippen LogP contribution in [0.5, 0.6) is 0 Å². The van der Waals surface area contributed by atoms with Gasteiger partial charge in [0.05, 0.1) is 10.9 Å². The molecule has 0 bridgehead atoms. The van der Waals surface area contributed by atoms with Crippen LogP contribution in [0.25, 0.3) is 21.9 Å². The van der Waals surface area contributed by atoms with Crippen LogP contribution in [-0.4, -0.2) is 20.8 Å². The van der Waals surface area contributed by atoms with Crippen LogP contribution in [0.3, 0.4) is 0 Å². The van der Waals surface area contributed by atoms with Gasteiger partial charge in [-0.2, -0.15) is 4.52 Å². The van der Waals surface area contributed by atoms with Crippen molar-refractivity contribution in [1.82, 2.24) is 14.6 Å². The van der Waals surface area contributed by atoms with E-state index in [4.69, 9.17) is 0 Å². The summed E-state index contributed by atoms with van der Waals surface area (Å²) in [4.78, 5) is 21.7. The van der Waals surface area contributed by atoms with E-state index in [1.807, 2.05) is 60.7 Å². The van der Waals surface area contributed by atoms with Gasteiger partial charge in [0.1, 0.15) is 0 Å². The molecule has 0 radical (unpaired) electrons. The van der Waals surface area contributed by atoms with Crippen molar-refractivity contribution < 1.29 is 0 Å². The highest BCUT2D eigenvalue weighted by atomic mass is 32.1. The number of benzene rings is 2. The van der Waals surface area contributed by atoms with Crippen LogP contribution in [0.4, 0.5) is 5.13 Å². The maximum Gasteiger partial charge on any atom is 0.283 e. The number of aromatic nitrogens is 3. The number of para-hydroxylation sites is 1. The fourth-order valence-corrected chi connectivity index (χ4v) is 3.08. The van der Waals surface area contributed by atoms with E-state index in [9.17, 15) is 4.79 Å². The van der Waals surface area contributed by atoms with Crippen molar-refractivity contribution in [2.24, 2.45) is 4.99 Å². The second-order valence-electron chi connectivity index (χ2n) is 5.06. The van der Waals surface area contributed by atoms with Crippen LogP contribution in [0, 0.1) is 0 Å². The summed E-state index contributed by atoms with van der Waals surface area (Å²) in [5, 5.41) is 5.28. The quantitative estimate of drug-likeness (QED) is 0.537. The molecule has 0 aliphatic carbocycles. The van der Waals surface area contributed by atoms with Gasteiger partial charge in [0, 0.05) is 6.21 Å². The Morgan fingerprint density at radius 3 is 2.71 bits per heavy atom. The summed E-state index contributed by atoms with van der Waals surface area (Å²) in [7, 11) is 0. The van der Waals surface area contributed by atoms with Crippen LogP contribution in [0.2, 0.25) is 0 Å². The maximum absolute atomic E-state index is 12.4. The average molecular weight is 332 g/mol. The predicted octanol–water partition coefficient (Wildman–Crippen LogP) is 3.72. The Kier molecular flexibility index (Phi) is 3.72. The summed E-state index contributed by atoms with van der Waals surface area (Å²) in [5.74, 6) is 0. The zero-order valence-corrected chi connectivity index (χ0v) is 13.4. The number of aliphatic imine (C=N–C) groups is 1. The van der Waals surface area contributed by atoms with Crippen molar-refractivity contribution in [3.8, 4) is 0 Å². The lowest BCUT2D eigenvalue weighted by Gasteiger charge is -1.95. The first-order valence-electron chi connectivity index (χ1n) is 7.36. The first kappa shape index (κ1) is 14.5. The summed E-state index contributed by atoms with van der Waals surface area (Å²) < 4.78 is 1.31. The van der Waals surface area contributed by atoms with Gasteiger partial charge in [-0.05, 0) is 23.8 Å². The molecule has 116 valence electrons. The fourth-order valence-electron chi connectivity index (χ4n) is 2.32. The molecular formula is C18H12N4OS. The molecule has 0 saturated heterocycles. The minimum atomic E-state index is -0.173. The lowest BCUT2D eigenvalue weighted by Crippen LogP contribution is -2.14. The maximum atomic E-state index is 12.4. The van der Waals surface area contributed by atoms with E-state index >= 15 is 0 Å². The number of rotatable bonds is 3. The Balaban J connectivity index is 1.67. The molecule has 2 heterocycles. The molecule has 2 aromatic carbocycles. The lowest BCUT2D eigenvalue weighted by atomic mass is 10.2. The zero-order chi connectivity index (χ0) is 16.4. The van der Waals surface area contributed by atoms with Crippen molar-refractivity contribution in [2.45, 2.75) is 0 Å². The lowest BCUT2D eigenvalue weighted by molar-refractivity contribution is 0.915. The highest BCUT2D eigenvalue weighted by molar-refractivity contribution is 7.20. The molecule has 0 saturated carbocycles. The molecule has 2 aromatic heterocycles. The van der Waals surface area contributed by atoms with E-state index in [2.05, 4.69) is 15.1 Å². The van der Waals surface area contributed by atoms with Gasteiger partial charge < -0.3 is 0 Å². The molecule has 5 nitrogen and oxygen atoms in total. The first-order valence-corrected chi connectivity index (χ1v) is 8.17. The molecule has 0 N–H and O–H groups in total. The summed E-state index contributed by atoms with van der Waals surface area (Å²) in [6, 6.07) is 17.2. The molecule has 0 unspecified atom stereocenters. The minimum Gasteiger partial charge on any atom is -0.267 e. The van der Waals surface area contributed by atoms with Crippen molar-refractivity contribution >= 4 is 44.6 Å². The molecule has 0 spiro atoms. The van der Waals surface area contributed by atoms with E-state index in [0.29, 0.717) is 21.0 Å². The Morgan fingerprint density at radius 1 is 1.04 bits per heavy atom. The monoisotopic (exact) mass is 332 g/mol. The molecule has 4 rings (SSSR count). The topological polar surface area (TPSA) is 59.6 Å². The van der Waals surface area contributed by atoms with Crippen molar-refractivity contribution in [3.63, 3.8) is 0 Å². The van der Waals surface area contributed by atoms with Gasteiger partial charge in [-0.3, -0.25) is 4.79 Å². The van der Waals surface area contributed by atoms with Gasteiger partial charge >= 0.3 is 0 Å². The summed E-state index contributed by atoms with van der Waals surface area (Å²) in [6.45, 7) is 0. The standard InChI is InChI=1S/C18H12N4OS/c23-16-14-10-4-5-11-15(14)20-18-22(16)21-17(24-18)19-12-6-9-13-7-2-1-3-8-13/h1-12H/b9-6+,19-12?. The van der Waals surface area contributed by atoms with Crippen LogP contribution < -0.4 is 5.56 Å². The predicted molar refractivity (Wildman–Crippen MR) is 98.3 cm³/mol. The zero-order valence-electron chi connectivity index (χ0n) is 12.5. The molecule has 24 heavy (non-hydrogen) atoms. The van der Waals surface area contributed by atoms with Gasteiger partial charge in [0.15, 0.2) is 0 Å². The molecule has 4 aromatic rings. The van der Waals surface area contributed by atoms with Crippen molar-refractivity contribution in [2.75, 3.05) is 0 Å². The van der Waals surface area contributed by atoms with Crippen LogP contribution in [-0.2, 0) is 0 Å². The van der Waals surface area contributed by atoms with Crippen LogP contribution in [0.1, 0.15) is 5.56 Å². The Bertz CT molecular complexity index is 1130. The van der Waals surface area contributed by atoms with Crippen LogP contribution >= 0.6 is 11.3 Å². The van der Waals surface area contributed by atoms with E-state index in [1.165, 1.54) is 15.9 Å². The SMILES string of the molecule is O=c1c2ccccc2nc2sc(N=C/C=C/c3ccccc3)nn12. The molecule has 0 aliphatic rings. The second-order valence-corrected chi connectivity index (χ2v) is 6.00. The van der Waals surface area contributed by atoms with Gasteiger partial charge in [0.25, 0.3) is 5.56 Å². The third-order valence-electron chi connectivity index (χ3n) is 3.45. The van der Waals surface area contributed by atoms with E-state index < -0.39 is 0 Å². The average Bonchev–Trinajstić information content (AvgIpc) is 3.03. The largest absolute Gasteiger partial charge is 0.283 e. The van der Waals surface area contributed by atoms with Gasteiger partial charge in [-0.25, -0.2) is 9.98 Å². The van der Waals surface area contributed by atoms with Crippen molar-refractivity contribution in [1.29, 1.82) is 0 Å². The van der Waals surface area contributed by atoms with E-state index in [0.717, 1.165) is 5.56 Å². The second kappa shape index (κ2) is 6.17.